The molecule has 7 nitrogen and oxygen atoms in total. The molecule has 0 saturated heterocycles. The Bertz CT molecular complexity index is 1140. The first-order valence-corrected chi connectivity index (χ1v) is 10.3. The number of H-pyrrole nitrogens is 1. The summed E-state index contributed by atoms with van der Waals surface area (Å²) in [6, 6.07) is 13.8. The van der Waals surface area contributed by atoms with Crippen molar-refractivity contribution in [3.8, 4) is 5.75 Å². The number of fused-ring (bicyclic) bond motifs is 1. The van der Waals surface area contributed by atoms with Gasteiger partial charge in [-0.25, -0.2) is 4.98 Å². The SMILES string of the molecule is CC(C)Oc1ccc(C2C(C(=O)C(C)C)=C(O)C(=O)N2c2nc3ccccc3[nH]2)cc1. The number of nitrogens with zero attached hydrogens (tertiary/aromatic N) is 2. The summed E-state index contributed by atoms with van der Waals surface area (Å²) in [5, 5.41) is 10.7. The number of imidazole rings is 1. The fourth-order valence-electron chi connectivity index (χ4n) is 3.76. The topological polar surface area (TPSA) is 95.5 Å². The third kappa shape index (κ3) is 3.67. The number of ether oxygens (including phenoxy) is 1. The Balaban J connectivity index is 1.83. The molecule has 0 saturated carbocycles. The smallest absolute Gasteiger partial charge is 0.296 e. The number of aromatic nitrogens is 2. The molecule has 0 fully saturated rings. The molecule has 2 heterocycles. The van der Waals surface area contributed by atoms with Crippen LogP contribution in [0.4, 0.5) is 5.95 Å². The number of aromatic amines is 1. The van der Waals surface area contributed by atoms with Crippen molar-refractivity contribution in [1.29, 1.82) is 0 Å². The second-order valence-corrected chi connectivity index (χ2v) is 8.17. The molecule has 0 spiro atoms. The minimum atomic E-state index is -0.795. The Kier molecular flexibility index (Phi) is 5.27. The summed E-state index contributed by atoms with van der Waals surface area (Å²) >= 11 is 0. The van der Waals surface area contributed by atoms with Crippen LogP contribution in [0.3, 0.4) is 0 Å². The first kappa shape index (κ1) is 20.7. The predicted molar refractivity (Wildman–Crippen MR) is 118 cm³/mol. The van der Waals surface area contributed by atoms with E-state index in [9.17, 15) is 14.7 Å². The maximum absolute atomic E-state index is 13.1. The first-order chi connectivity index (χ1) is 14.8. The second kappa shape index (κ2) is 7.91. The molecule has 3 aromatic rings. The fraction of sp³-hybridized carbons (Fsp3) is 0.292. The van der Waals surface area contributed by atoms with Crippen molar-refractivity contribution in [1.82, 2.24) is 9.97 Å². The Morgan fingerprint density at radius 3 is 2.39 bits per heavy atom. The van der Waals surface area contributed by atoms with Crippen LogP contribution in [0.5, 0.6) is 5.75 Å². The third-order valence-electron chi connectivity index (χ3n) is 5.17. The highest BCUT2D eigenvalue weighted by molar-refractivity contribution is 6.16. The minimum absolute atomic E-state index is 0.0213. The van der Waals surface area contributed by atoms with Gasteiger partial charge in [-0.15, -0.1) is 0 Å². The van der Waals surface area contributed by atoms with Gasteiger partial charge in [-0.2, -0.15) is 0 Å². The maximum Gasteiger partial charge on any atom is 0.296 e. The van der Waals surface area contributed by atoms with Gasteiger partial charge in [0.1, 0.15) is 5.75 Å². The maximum atomic E-state index is 13.1. The quantitative estimate of drug-likeness (QED) is 0.614. The molecule has 1 unspecified atom stereocenters. The van der Waals surface area contributed by atoms with Gasteiger partial charge in [0, 0.05) is 5.92 Å². The lowest BCUT2D eigenvalue weighted by atomic mass is 9.91. The number of para-hydroxylation sites is 2. The van der Waals surface area contributed by atoms with Crippen LogP contribution >= 0.6 is 0 Å². The number of carbonyl (C=O) groups excluding carboxylic acids is 2. The number of benzene rings is 2. The monoisotopic (exact) mass is 419 g/mol. The van der Waals surface area contributed by atoms with E-state index < -0.39 is 17.7 Å². The molecule has 7 heteroatoms. The van der Waals surface area contributed by atoms with Gasteiger partial charge in [0.15, 0.2) is 11.5 Å². The van der Waals surface area contributed by atoms with Crippen molar-refractivity contribution in [3.63, 3.8) is 0 Å². The van der Waals surface area contributed by atoms with Gasteiger partial charge in [0.05, 0.1) is 28.8 Å². The summed E-state index contributed by atoms with van der Waals surface area (Å²) in [5.41, 5.74) is 2.21. The summed E-state index contributed by atoms with van der Waals surface area (Å²) in [5.74, 6) is -0.897. The lowest BCUT2D eigenvalue weighted by Gasteiger charge is -2.25. The van der Waals surface area contributed by atoms with E-state index in [1.165, 1.54) is 4.90 Å². The highest BCUT2D eigenvalue weighted by Crippen LogP contribution is 2.41. The van der Waals surface area contributed by atoms with E-state index in [-0.39, 0.29) is 29.3 Å². The van der Waals surface area contributed by atoms with Crippen LogP contribution in [0.25, 0.3) is 11.0 Å². The summed E-state index contributed by atoms with van der Waals surface area (Å²) in [6.07, 6.45) is 0.0213. The van der Waals surface area contributed by atoms with Crippen LogP contribution in [0.1, 0.15) is 39.3 Å². The lowest BCUT2D eigenvalue weighted by Crippen LogP contribution is -2.32. The number of nitrogens with one attached hydrogen (secondary N) is 1. The van der Waals surface area contributed by atoms with Gasteiger partial charge in [0.25, 0.3) is 5.91 Å². The van der Waals surface area contributed by atoms with Gasteiger partial charge < -0.3 is 14.8 Å². The summed E-state index contributed by atoms with van der Waals surface area (Å²) in [6.45, 7) is 7.36. The van der Waals surface area contributed by atoms with Crippen molar-refractivity contribution in [2.75, 3.05) is 4.90 Å². The molecule has 1 amide bonds. The molecule has 1 atom stereocenters. The van der Waals surface area contributed by atoms with Gasteiger partial charge in [-0.1, -0.05) is 38.1 Å². The molecule has 31 heavy (non-hydrogen) atoms. The first-order valence-electron chi connectivity index (χ1n) is 10.3. The van der Waals surface area contributed by atoms with Gasteiger partial charge in [0.2, 0.25) is 5.95 Å². The zero-order chi connectivity index (χ0) is 22.3. The Morgan fingerprint density at radius 2 is 1.77 bits per heavy atom. The molecular formula is C24H25N3O4. The summed E-state index contributed by atoms with van der Waals surface area (Å²) in [4.78, 5) is 35.1. The molecule has 0 aliphatic carbocycles. The van der Waals surface area contributed by atoms with Crippen LogP contribution < -0.4 is 9.64 Å². The van der Waals surface area contributed by atoms with Crippen molar-refractivity contribution in [3.05, 3.63) is 65.4 Å². The van der Waals surface area contributed by atoms with E-state index >= 15 is 0 Å². The van der Waals surface area contributed by atoms with Crippen molar-refractivity contribution in [2.45, 2.75) is 39.8 Å². The minimum Gasteiger partial charge on any atom is -0.503 e. The summed E-state index contributed by atoms with van der Waals surface area (Å²) in [7, 11) is 0. The molecule has 160 valence electrons. The molecule has 2 aromatic carbocycles. The Labute approximate surface area is 180 Å². The number of aliphatic hydroxyl groups excluding tert-OH is 1. The van der Waals surface area contributed by atoms with E-state index in [0.717, 1.165) is 5.52 Å². The standard InChI is InChI=1S/C24H25N3O4/c1-13(2)21(28)19-20(15-9-11-16(12-10-15)31-14(3)4)27(23(30)22(19)29)24-25-17-7-5-6-8-18(17)26-24/h5-14,20,29H,1-4H3,(H,25,26). The number of anilines is 1. The highest BCUT2D eigenvalue weighted by atomic mass is 16.5. The number of rotatable bonds is 6. The van der Waals surface area contributed by atoms with E-state index in [1.807, 2.05) is 38.1 Å². The molecular weight excluding hydrogens is 394 g/mol. The number of hydrogen-bond donors (Lipinski definition) is 2. The van der Waals surface area contributed by atoms with Crippen LogP contribution in [0, 0.1) is 5.92 Å². The average molecular weight is 419 g/mol. The van der Waals surface area contributed by atoms with Crippen LogP contribution in [-0.4, -0.2) is 32.9 Å². The molecule has 1 aliphatic heterocycles. The van der Waals surface area contributed by atoms with Crippen LogP contribution in [0.15, 0.2) is 59.9 Å². The average Bonchev–Trinajstić information content (AvgIpc) is 3.26. The normalized spacial score (nSPS) is 16.8. The van der Waals surface area contributed by atoms with Crippen LogP contribution in [-0.2, 0) is 9.59 Å². The molecule has 0 bridgehead atoms. The Hall–Kier alpha value is -3.61. The zero-order valence-corrected chi connectivity index (χ0v) is 17.9. The third-order valence-corrected chi connectivity index (χ3v) is 5.17. The van der Waals surface area contributed by atoms with Crippen molar-refractivity contribution in [2.24, 2.45) is 5.92 Å². The van der Waals surface area contributed by atoms with Crippen LogP contribution in [0.2, 0.25) is 0 Å². The second-order valence-electron chi connectivity index (χ2n) is 8.17. The largest absolute Gasteiger partial charge is 0.503 e. The Morgan fingerprint density at radius 1 is 1.10 bits per heavy atom. The predicted octanol–water partition coefficient (Wildman–Crippen LogP) is 4.48. The number of hydrogen-bond acceptors (Lipinski definition) is 5. The number of aliphatic hydroxyl groups is 1. The van der Waals surface area contributed by atoms with E-state index in [4.69, 9.17) is 4.74 Å². The number of Topliss-reactive ketones (excluding diaryl/α,β-unsaturated/α-hetero) is 1. The van der Waals surface area contributed by atoms with Gasteiger partial charge >= 0.3 is 0 Å². The molecule has 2 N–H and O–H groups in total. The zero-order valence-electron chi connectivity index (χ0n) is 17.9. The van der Waals surface area contributed by atoms with Gasteiger partial charge in [-0.05, 0) is 43.7 Å². The van der Waals surface area contributed by atoms with E-state index in [1.54, 1.807) is 38.1 Å². The van der Waals surface area contributed by atoms with Crippen molar-refractivity contribution < 1.29 is 19.4 Å². The van der Waals surface area contributed by atoms with Gasteiger partial charge in [-0.3, -0.25) is 14.5 Å². The van der Waals surface area contributed by atoms with Crippen molar-refractivity contribution >= 4 is 28.7 Å². The lowest BCUT2D eigenvalue weighted by molar-refractivity contribution is -0.119. The number of carbonyl (C=O) groups is 2. The number of amides is 1. The van der Waals surface area contributed by atoms with E-state index in [0.29, 0.717) is 16.8 Å². The molecule has 1 aliphatic rings. The molecule has 0 radical (unpaired) electrons. The molecule has 1 aromatic heterocycles. The fourth-order valence-corrected chi connectivity index (χ4v) is 3.76. The van der Waals surface area contributed by atoms with E-state index in [2.05, 4.69) is 9.97 Å². The summed E-state index contributed by atoms with van der Waals surface area (Å²) < 4.78 is 5.71. The molecule has 4 rings (SSSR count). The number of ketones is 1. The highest BCUT2D eigenvalue weighted by Gasteiger charge is 2.46.